The van der Waals surface area contributed by atoms with Gasteiger partial charge in [-0.3, -0.25) is 4.79 Å². The summed E-state index contributed by atoms with van der Waals surface area (Å²) in [6.07, 6.45) is 1.49. The molecule has 4 heteroatoms. The average molecular weight is 256 g/mol. The van der Waals surface area contributed by atoms with Crippen molar-refractivity contribution in [2.24, 2.45) is 0 Å². The van der Waals surface area contributed by atoms with Crippen LogP contribution in [0.2, 0.25) is 0 Å². The van der Waals surface area contributed by atoms with E-state index in [4.69, 9.17) is 4.52 Å². The number of Topliss-reactive ketones (excluding diaryl/α,β-unsaturated/α-hetero) is 1. The van der Waals surface area contributed by atoms with Crippen molar-refractivity contribution in [1.82, 2.24) is 5.16 Å². The molecule has 98 valence electrons. The number of carbonyl (C=O) groups is 1. The molecule has 0 radical (unpaired) electrons. The van der Waals surface area contributed by atoms with Gasteiger partial charge in [-0.05, 0) is 25.5 Å². The fourth-order valence-electron chi connectivity index (χ4n) is 2.51. The monoisotopic (exact) mass is 256 g/mol. The zero-order valence-corrected chi connectivity index (χ0v) is 10.9. The fraction of sp³-hybridized carbons (Fsp3) is 0.333. The average Bonchev–Trinajstić information content (AvgIpc) is 2.75. The second-order valence-corrected chi connectivity index (χ2v) is 4.90. The summed E-state index contributed by atoms with van der Waals surface area (Å²) in [6.45, 7) is 3.43. The van der Waals surface area contributed by atoms with Crippen LogP contribution in [0, 0.1) is 6.92 Å². The van der Waals surface area contributed by atoms with E-state index in [1.807, 2.05) is 37.3 Å². The van der Waals surface area contributed by atoms with Crippen molar-refractivity contribution in [3.63, 3.8) is 0 Å². The predicted octanol–water partition coefficient (Wildman–Crippen LogP) is 2.97. The highest BCUT2D eigenvalue weighted by Crippen LogP contribution is 2.27. The topological polar surface area (TPSA) is 46.3 Å². The Labute approximate surface area is 112 Å². The van der Waals surface area contributed by atoms with E-state index in [1.54, 1.807) is 0 Å². The molecule has 2 heterocycles. The van der Waals surface area contributed by atoms with Crippen molar-refractivity contribution in [2.45, 2.75) is 26.3 Å². The predicted molar refractivity (Wildman–Crippen MR) is 72.3 cm³/mol. The molecule has 1 aliphatic heterocycles. The summed E-state index contributed by atoms with van der Waals surface area (Å²) < 4.78 is 5.27. The first kappa shape index (κ1) is 12.0. The maximum absolute atomic E-state index is 12.0. The van der Waals surface area contributed by atoms with Gasteiger partial charge in [0.2, 0.25) is 0 Å². The summed E-state index contributed by atoms with van der Waals surface area (Å²) in [5.74, 6) is 1.06. The summed E-state index contributed by atoms with van der Waals surface area (Å²) in [5, 5.41) is 3.91. The lowest BCUT2D eigenvalue weighted by atomic mass is 10.1. The maximum Gasteiger partial charge on any atom is 0.165 e. The van der Waals surface area contributed by atoms with Crippen LogP contribution in [-0.2, 0) is 6.54 Å². The van der Waals surface area contributed by atoms with Gasteiger partial charge in [-0.15, -0.1) is 0 Å². The minimum Gasteiger partial charge on any atom is -0.363 e. The highest BCUT2D eigenvalue weighted by Gasteiger charge is 2.21. The van der Waals surface area contributed by atoms with E-state index in [9.17, 15) is 4.79 Å². The molecule has 1 aromatic heterocycles. The molecule has 0 N–H and O–H groups in total. The number of ketones is 1. The Hall–Kier alpha value is -2.10. The molecule has 3 rings (SSSR count). The molecule has 1 aliphatic rings. The quantitative estimate of drug-likeness (QED) is 0.828. The van der Waals surface area contributed by atoms with Crippen LogP contribution in [0.25, 0.3) is 0 Å². The van der Waals surface area contributed by atoms with Gasteiger partial charge in [0.15, 0.2) is 11.5 Å². The third-order valence-electron chi connectivity index (χ3n) is 3.40. The van der Waals surface area contributed by atoms with Crippen molar-refractivity contribution in [2.75, 3.05) is 11.4 Å². The second-order valence-electron chi connectivity index (χ2n) is 4.90. The SMILES string of the molecule is Cc1cc(CN2CCCC(=O)c3ccccc32)on1. The molecule has 0 bridgehead atoms. The van der Waals surface area contributed by atoms with Crippen molar-refractivity contribution < 1.29 is 9.32 Å². The first-order valence-electron chi connectivity index (χ1n) is 6.53. The van der Waals surface area contributed by atoms with Crippen molar-refractivity contribution in [1.29, 1.82) is 0 Å². The lowest BCUT2D eigenvalue weighted by molar-refractivity contribution is 0.0984. The molecule has 0 saturated heterocycles. The van der Waals surface area contributed by atoms with Crippen LogP contribution in [0.1, 0.15) is 34.7 Å². The van der Waals surface area contributed by atoms with Gasteiger partial charge in [0, 0.05) is 30.3 Å². The van der Waals surface area contributed by atoms with Crippen LogP contribution < -0.4 is 4.90 Å². The van der Waals surface area contributed by atoms with E-state index >= 15 is 0 Å². The zero-order chi connectivity index (χ0) is 13.2. The second kappa shape index (κ2) is 4.88. The highest BCUT2D eigenvalue weighted by atomic mass is 16.5. The first-order valence-corrected chi connectivity index (χ1v) is 6.53. The van der Waals surface area contributed by atoms with Crippen LogP contribution in [0.3, 0.4) is 0 Å². The van der Waals surface area contributed by atoms with Gasteiger partial charge in [0.25, 0.3) is 0 Å². The molecule has 0 fully saturated rings. The number of nitrogens with zero attached hydrogens (tertiary/aromatic N) is 2. The number of fused-ring (bicyclic) bond motifs is 1. The van der Waals surface area contributed by atoms with Gasteiger partial charge in [-0.1, -0.05) is 17.3 Å². The number of benzene rings is 1. The number of anilines is 1. The molecule has 0 amide bonds. The van der Waals surface area contributed by atoms with Gasteiger partial charge in [-0.2, -0.15) is 0 Å². The molecule has 0 aliphatic carbocycles. The van der Waals surface area contributed by atoms with Gasteiger partial charge in [-0.25, -0.2) is 0 Å². The third kappa shape index (κ3) is 2.38. The zero-order valence-electron chi connectivity index (χ0n) is 10.9. The van der Waals surface area contributed by atoms with E-state index in [1.165, 1.54) is 0 Å². The largest absolute Gasteiger partial charge is 0.363 e. The molecule has 19 heavy (non-hydrogen) atoms. The third-order valence-corrected chi connectivity index (χ3v) is 3.40. The number of aromatic nitrogens is 1. The number of hydrogen-bond donors (Lipinski definition) is 0. The molecule has 0 spiro atoms. The van der Waals surface area contributed by atoms with E-state index in [0.29, 0.717) is 13.0 Å². The van der Waals surface area contributed by atoms with Gasteiger partial charge in [0.05, 0.1) is 12.2 Å². The molecular formula is C15H16N2O2. The number of para-hydroxylation sites is 1. The van der Waals surface area contributed by atoms with E-state index in [2.05, 4.69) is 10.1 Å². The number of hydrogen-bond acceptors (Lipinski definition) is 4. The number of carbonyl (C=O) groups excluding carboxylic acids is 1. The van der Waals surface area contributed by atoms with Crippen LogP contribution in [0.5, 0.6) is 0 Å². The van der Waals surface area contributed by atoms with Gasteiger partial charge >= 0.3 is 0 Å². The minimum atomic E-state index is 0.229. The molecule has 0 atom stereocenters. The highest BCUT2D eigenvalue weighted by molar-refractivity contribution is 6.01. The molecular weight excluding hydrogens is 240 g/mol. The summed E-state index contributed by atoms with van der Waals surface area (Å²) in [7, 11) is 0. The molecule has 0 unspecified atom stereocenters. The Morgan fingerprint density at radius 2 is 2.21 bits per heavy atom. The Bertz CT molecular complexity index is 604. The standard InChI is InChI=1S/C15H16N2O2/c1-11-9-12(19-16-11)10-17-8-4-7-15(18)13-5-2-3-6-14(13)17/h2-3,5-6,9H,4,7-8,10H2,1H3. The van der Waals surface area contributed by atoms with Crippen molar-refractivity contribution in [3.8, 4) is 0 Å². The molecule has 4 nitrogen and oxygen atoms in total. The Balaban J connectivity index is 1.93. The summed E-state index contributed by atoms with van der Waals surface area (Å²) in [5.41, 5.74) is 2.70. The fourth-order valence-corrected chi connectivity index (χ4v) is 2.51. The van der Waals surface area contributed by atoms with Crippen LogP contribution >= 0.6 is 0 Å². The normalized spacial score (nSPS) is 15.2. The Morgan fingerprint density at radius 1 is 1.37 bits per heavy atom. The lowest BCUT2D eigenvalue weighted by Gasteiger charge is -2.22. The van der Waals surface area contributed by atoms with Crippen LogP contribution in [-0.4, -0.2) is 17.5 Å². The first-order chi connectivity index (χ1) is 9.24. The van der Waals surface area contributed by atoms with Gasteiger partial charge < -0.3 is 9.42 Å². The summed E-state index contributed by atoms with van der Waals surface area (Å²) >= 11 is 0. The van der Waals surface area contributed by atoms with Crippen molar-refractivity contribution >= 4 is 11.5 Å². The van der Waals surface area contributed by atoms with E-state index in [-0.39, 0.29) is 5.78 Å². The van der Waals surface area contributed by atoms with Crippen molar-refractivity contribution in [3.05, 3.63) is 47.3 Å². The summed E-state index contributed by atoms with van der Waals surface area (Å²) in [6, 6.07) is 9.73. The Kier molecular flexibility index (Phi) is 3.07. The smallest absolute Gasteiger partial charge is 0.165 e. The van der Waals surface area contributed by atoms with Crippen LogP contribution in [0.4, 0.5) is 5.69 Å². The molecule has 1 aromatic carbocycles. The minimum absolute atomic E-state index is 0.229. The molecule has 2 aromatic rings. The number of aryl methyl sites for hydroxylation is 1. The Morgan fingerprint density at radius 3 is 3.00 bits per heavy atom. The maximum atomic E-state index is 12.0. The summed E-state index contributed by atoms with van der Waals surface area (Å²) in [4.78, 5) is 14.2. The molecule has 0 saturated carbocycles. The van der Waals surface area contributed by atoms with E-state index in [0.717, 1.165) is 35.7 Å². The van der Waals surface area contributed by atoms with Crippen LogP contribution in [0.15, 0.2) is 34.9 Å². The van der Waals surface area contributed by atoms with E-state index < -0.39 is 0 Å². The van der Waals surface area contributed by atoms with Gasteiger partial charge in [0.1, 0.15) is 0 Å². The number of rotatable bonds is 2. The lowest BCUT2D eigenvalue weighted by Crippen LogP contribution is -2.23.